The molecule has 0 saturated heterocycles. The van der Waals surface area contributed by atoms with Gasteiger partial charge in [-0.05, 0) is 25.5 Å². The van der Waals surface area contributed by atoms with E-state index in [9.17, 15) is 34.8 Å². The van der Waals surface area contributed by atoms with Gasteiger partial charge in [-0.25, -0.2) is 0 Å². The number of aromatic hydroxyl groups is 3. The number of hydrogen-bond acceptors (Lipinski definition) is 7. The van der Waals surface area contributed by atoms with Gasteiger partial charge in [-0.3, -0.25) is 14.4 Å². The molecular weight excluding hydrogens is 316 g/mol. The van der Waals surface area contributed by atoms with Crippen molar-refractivity contribution < 1.29 is 34.8 Å². The molecule has 0 heterocycles. The van der Waals surface area contributed by atoms with Crippen LogP contribution in [0.25, 0.3) is 10.8 Å². The molecule has 0 bridgehead atoms. The predicted octanol–water partition coefficient (Wildman–Crippen LogP) is 1.35. The molecule has 0 aromatic heterocycles. The lowest BCUT2D eigenvalue weighted by atomic mass is 9.73. The van der Waals surface area contributed by atoms with E-state index in [4.69, 9.17) is 0 Å². The number of benzene rings is 2. The van der Waals surface area contributed by atoms with E-state index >= 15 is 0 Å². The molecule has 4 N–H and O–H groups in total. The van der Waals surface area contributed by atoms with E-state index in [1.165, 1.54) is 6.07 Å². The molecule has 0 amide bonds. The Balaban J connectivity index is 2.53. The van der Waals surface area contributed by atoms with Gasteiger partial charge in [-0.15, -0.1) is 0 Å². The molecule has 7 nitrogen and oxygen atoms in total. The summed E-state index contributed by atoms with van der Waals surface area (Å²) >= 11 is 0. The highest BCUT2D eigenvalue weighted by Crippen LogP contribution is 2.47. The van der Waals surface area contributed by atoms with Crippen LogP contribution in [-0.2, 0) is 4.79 Å². The summed E-state index contributed by atoms with van der Waals surface area (Å²) in [6.07, 6.45) is -0.779. The smallest absolute Gasteiger partial charge is 0.207 e. The van der Waals surface area contributed by atoms with E-state index in [0.717, 1.165) is 13.0 Å². The average Bonchev–Trinajstić information content (AvgIpc) is 2.43. The van der Waals surface area contributed by atoms with Crippen molar-refractivity contribution in [2.75, 3.05) is 0 Å². The summed E-state index contributed by atoms with van der Waals surface area (Å²) in [7, 11) is 0. The van der Waals surface area contributed by atoms with Crippen LogP contribution in [0.4, 0.5) is 0 Å². The number of Topliss-reactive ketones (excluding diaryl/α,β-unsaturated/α-hetero) is 3. The molecule has 3 rings (SSSR count). The van der Waals surface area contributed by atoms with Crippen LogP contribution in [0.2, 0.25) is 0 Å². The number of hydrogen-bond donors (Lipinski definition) is 4. The molecule has 1 aliphatic carbocycles. The van der Waals surface area contributed by atoms with Crippen LogP contribution in [0.15, 0.2) is 12.1 Å². The minimum absolute atomic E-state index is 0.113. The summed E-state index contributed by atoms with van der Waals surface area (Å²) in [5, 5.41) is 40.8. The second-order valence-electron chi connectivity index (χ2n) is 6.02. The zero-order valence-electron chi connectivity index (χ0n) is 12.9. The quantitative estimate of drug-likeness (QED) is 0.611. The number of aryl methyl sites for hydroxylation is 1. The number of carbonyl (C=O) groups is 3. The highest BCUT2D eigenvalue weighted by atomic mass is 16.3. The summed E-state index contributed by atoms with van der Waals surface area (Å²) in [5.41, 5.74) is -3.13. The molecule has 124 valence electrons. The van der Waals surface area contributed by atoms with E-state index in [-0.39, 0.29) is 16.5 Å². The van der Waals surface area contributed by atoms with Gasteiger partial charge in [0.2, 0.25) is 11.6 Å². The fraction of sp³-hybridized carbons (Fsp3) is 0.235. The molecule has 2 aromatic rings. The number of aliphatic hydroxyl groups is 1. The second-order valence-corrected chi connectivity index (χ2v) is 6.02. The zero-order valence-corrected chi connectivity index (χ0v) is 12.9. The largest absolute Gasteiger partial charge is 0.507 e. The van der Waals surface area contributed by atoms with E-state index in [0.29, 0.717) is 5.56 Å². The molecule has 0 radical (unpaired) electrons. The number of phenolic OH excluding ortho intramolecular Hbond substituents is 3. The van der Waals surface area contributed by atoms with Gasteiger partial charge in [0, 0.05) is 23.3 Å². The van der Waals surface area contributed by atoms with Crippen molar-refractivity contribution in [3.63, 3.8) is 0 Å². The Labute approximate surface area is 135 Å². The Kier molecular flexibility index (Phi) is 3.18. The molecule has 0 aliphatic heterocycles. The number of rotatable bonds is 2. The van der Waals surface area contributed by atoms with Gasteiger partial charge in [0.1, 0.15) is 23.0 Å². The fourth-order valence-electron chi connectivity index (χ4n) is 3.28. The van der Waals surface area contributed by atoms with Crippen molar-refractivity contribution in [1.29, 1.82) is 0 Å². The van der Waals surface area contributed by atoms with Crippen molar-refractivity contribution >= 4 is 28.1 Å². The molecule has 24 heavy (non-hydrogen) atoms. The van der Waals surface area contributed by atoms with Gasteiger partial charge >= 0.3 is 0 Å². The molecule has 0 saturated carbocycles. The second kappa shape index (κ2) is 4.78. The standard InChI is InChI=1S/C17H14O7/c1-6-3-8(19)12-14-11(6)9(20)4-10(21)13(14)16(23)17(24,15(12)22)5-7(2)18/h3-4,19-21,24H,5H2,1-2H3/t17-/m1/s1. The minimum atomic E-state index is -2.70. The minimum Gasteiger partial charge on any atom is -0.507 e. The Hall–Kier alpha value is -2.93. The van der Waals surface area contributed by atoms with Crippen molar-refractivity contribution in [2.45, 2.75) is 25.9 Å². The van der Waals surface area contributed by atoms with Gasteiger partial charge in [0.05, 0.1) is 11.1 Å². The van der Waals surface area contributed by atoms with Gasteiger partial charge < -0.3 is 20.4 Å². The topological polar surface area (TPSA) is 132 Å². The third-order valence-electron chi connectivity index (χ3n) is 4.25. The summed E-state index contributed by atoms with van der Waals surface area (Å²) in [5.74, 6) is -4.41. The normalized spacial score (nSPS) is 19.8. The van der Waals surface area contributed by atoms with Gasteiger partial charge in [0.15, 0.2) is 5.60 Å². The lowest BCUT2D eigenvalue weighted by Gasteiger charge is -2.31. The molecule has 1 aliphatic rings. The molecule has 0 spiro atoms. The van der Waals surface area contributed by atoms with Crippen molar-refractivity contribution in [3.05, 3.63) is 28.8 Å². The van der Waals surface area contributed by atoms with E-state index in [2.05, 4.69) is 0 Å². The average molecular weight is 330 g/mol. The molecule has 0 unspecified atom stereocenters. The van der Waals surface area contributed by atoms with Crippen LogP contribution in [0.1, 0.15) is 39.6 Å². The van der Waals surface area contributed by atoms with E-state index in [1.807, 2.05) is 0 Å². The first-order valence-electron chi connectivity index (χ1n) is 7.12. The summed E-state index contributed by atoms with van der Waals surface area (Å²) in [4.78, 5) is 36.8. The molecule has 0 fully saturated rings. The molecular formula is C17H14O7. The van der Waals surface area contributed by atoms with Gasteiger partial charge in [-0.1, -0.05) is 0 Å². The molecule has 2 aromatic carbocycles. The van der Waals surface area contributed by atoms with Crippen molar-refractivity contribution in [2.24, 2.45) is 0 Å². The Morgan fingerprint density at radius 1 is 0.958 bits per heavy atom. The van der Waals surface area contributed by atoms with Crippen LogP contribution in [0.5, 0.6) is 17.2 Å². The van der Waals surface area contributed by atoms with E-state index in [1.54, 1.807) is 6.92 Å². The van der Waals surface area contributed by atoms with Crippen molar-refractivity contribution in [1.82, 2.24) is 0 Å². The number of ketones is 3. The summed E-state index contributed by atoms with van der Waals surface area (Å²) in [6.45, 7) is 2.65. The van der Waals surface area contributed by atoms with Gasteiger partial charge in [-0.2, -0.15) is 0 Å². The van der Waals surface area contributed by atoms with Crippen molar-refractivity contribution in [3.8, 4) is 17.2 Å². The monoisotopic (exact) mass is 330 g/mol. The SMILES string of the molecule is CC(=O)C[C@@]1(O)C(=O)c2c(O)cc(C)c3c(O)cc(O)c(c23)C1=O. The van der Waals surface area contributed by atoms with Crippen LogP contribution < -0.4 is 0 Å². The van der Waals surface area contributed by atoms with Crippen LogP contribution >= 0.6 is 0 Å². The first-order valence-corrected chi connectivity index (χ1v) is 7.12. The van der Waals surface area contributed by atoms with Crippen LogP contribution in [0.3, 0.4) is 0 Å². The van der Waals surface area contributed by atoms with Crippen LogP contribution in [0, 0.1) is 6.92 Å². The predicted molar refractivity (Wildman–Crippen MR) is 82.6 cm³/mol. The first-order chi connectivity index (χ1) is 11.1. The maximum Gasteiger partial charge on any atom is 0.207 e. The Morgan fingerprint density at radius 3 is 1.96 bits per heavy atom. The summed E-state index contributed by atoms with van der Waals surface area (Å²) < 4.78 is 0. The number of phenols is 3. The lowest BCUT2D eigenvalue weighted by Crippen LogP contribution is -2.50. The highest BCUT2D eigenvalue weighted by Gasteiger charge is 2.52. The van der Waals surface area contributed by atoms with E-state index < -0.39 is 52.0 Å². The first kappa shape index (κ1) is 15.9. The fourth-order valence-corrected chi connectivity index (χ4v) is 3.28. The number of carbonyl (C=O) groups excluding carboxylic acids is 3. The third-order valence-corrected chi connectivity index (χ3v) is 4.25. The molecule has 7 heteroatoms. The zero-order chi connectivity index (χ0) is 18.0. The third kappa shape index (κ3) is 1.85. The van der Waals surface area contributed by atoms with Crippen LogP contribution in [-0.4, -0.2) is 43.4 Å². The maximum absolute atomic E-state index is 12.7. The Morgan fingerprint density at radius 2 is 1.46 bits per heavy atom. The maximum atomic E-state index is 12.7. The molecule has 1 atom stereocenters. The van der Waals surface area contributed by atoms with Gasteiger partial charge in [0.25, 0.3) is 0 Å². The lowest BCUT2D eigenvalue weighted by molar-refractivity contribution is -0.119. The Bertz CT molecular complexity index is 893. The highest BCUT2D eigenvalue weighted by molar-refractivity contribution is 6.36. The summed E-state index contributed by atoms with van der Waals surface area (Å²) in [6, 6.07) is 2.13.